The minimum atomic E-state index is -0.304. The highest BCUT2D eigenvalue weighted by Gasteiger charge is 2.17. The molecule has 0 bridgehead atoms. The Morgan fingerprint density at radius 2 is 1.96 bits per heavy atom. The molecule has 1 atom stereocenters. The first kappa shape index (κ1) is 19.6. The molecule has 0 unspecified atom stereocenters. The largest absolute Gasteiger partial charge is 0.494 e. The second-order valence-electron chi connectivity index (χ2n) is 5.59. The molecule has 1 N–H and O–H groups in total. The molecule has 1 amide bonds. The van der Waals surface area contributed by atoms with Gasteiger partial charge in [-0.05, 0) is 62.5 Å². The first-order valence-electron chi connectivity index (χ1n) is 8.43. The molecule has 2 aromatic carbocycles. The van der Waals surface area contributed by atoms with Crippen molar-refractivity contribution in [3.8, 4) is 11.4 Å². The summed E-state index contributed by atoms with van der Waals surface area (Å²) < 4.78 is 8.55. The molecule has 0 saturated carbocycles. The summed E-state index contributed by atoms with van der Waals surface area (Å²) in [5.74, 6) is 0.695. The number of rotatable bonds is 7. The summed E-state index contributed by atoms with van der Waals surface area (Å²) in [4.78, 5) is 12.5. The number of benzene rings is 2. The molecule has 0 spiro atoms. The molecule has 27 heavy (non-hydrogen) atoms. The lowest BCUT2D eigenvalue weighted by molar-refractivity contribution is -0.115. The third-order valence-corrected chi connectivity index (χ3v) is 6.03. The zero-order valence-corrected chi connectivity index (χ0v) is 17.4. The molecule has 5 nitrogen and oxygen atoms in total. The number of carbonyl (C=O) groups is 1. The van der Waals surface area contributed by atoms with Gasteiger partial charge in [-0.15, -0.1) is 5.10 Å². The van der Waals surface area contributed by atoms with Gasteiger partial charge in [0, 0.05) is 5.69 Å². The third kappa shape index (κ3) is 5.18. The topological polar surface area (TPSA) is 56.1 Å². The summed E-state index contributed by atoms with van der Waals surface area (Å²) in [7, 11) is 0. The van der Waals surface area contributed by atoms with E-state index in [0.717, 1.165) is 21.5 Å². The number of amides is 1. The van der Waals surface area contributed by atoms with Crippen LogP contribution in [0.5, 0.6) is 5.75 Å². The standard InChI is InChI=1S/C19H19N3O2S3/c1-3-24-16-11-9-14(10-12-16)20-17(23)13(2)26-18-21-22(19(25)27-18)15-7-5-4-6-8-15/h4-13H,3H2,1-2H3,(H,20,23)/t13-/m0/s1. The van der Waals surface area contributed by atoms with Crippen LogP contribution >= 0.6 is 35.3 Å². The van der Waals surface area contributed by atoms with Crippen LogP contribution in [0.3, 0.4) is 0 Å². The maximum atomic E-state index is 12.5. The minimum absolute atomic E-state index is 0.0865. The number of carbonyl (C=O) groups excluding carboxylic acids is 1. The third-order valence-electron chi connectivity index (χ3n) is 3.61. The minimum Gasteiger partial charge on any atom is -0.494 e. The van der Waals surface area contributed by atoms with Crippen LogP contribution in [0.25, 0.3) is 5.69 Å². The number of ether oxygens (including phenoxy) is 1. The number of hydrogen-bond acceptors (Lipinski definition) is 6. The number of nitrogens with zero attached hydrogens (tertiary/aromatic N) is 2. The molecule has 0 aliphatic rings. The summed E-state index contributed by atoms with van der Waals surface area (Å²) in [6, 6.07) is 17.1. The summed E-state index contributed by atoms with van der Waals surface area (Å²) >= 11 is 8.20. The van der Waals surface area contributed by atoms with Crippen molar-refractivity contribution in [2.24, 2.45) is 0 Å². The van der Waals surface area contributed by atoms with E-state index in [4.69, 9.17) is 17.0 Å². The Kier molecular flexibility index (Phi) is 6.65. The smallest absolute Gasteiger partial charge is 0.237 e. The van der Waals surface area contributed by atoms with Gasteiger partial charge < -0.3 is 10.1 Å². The van der Waals surface area contributed by atoms with Crippen LogP contribution in [0.15, 0.2) is 58.9 Å². The summed E-state index contributed by atoms with van der Waals surface area (Å²) in [5.41, 5.74) is 1.65. The lowest BCUT2D eigenvalue weighted by atomic mass is 10.3. The van der Waals surface area contributed by atoms with E-state index in [0.29, 0.717) is 10.6 Å². The first-order valence-corrected chi connectivity index (χ1v) is 10.5. The van der Waals surface area contributed by atoms with Crippen molar-refractivity contribution in [3.05, 3.63) is 58.6 Å². The van der Waals surface area contributed by atoms with E-state index in [1.54, 1.807) is 4.68 Å². The zero-order valence-electron chi connectivity index (χ0n) is 14.9. The van der Waals surface area contributed by atoms with Crippen LogP contribution in [0.2, 0.25) is 0 Å². The predicted molar refractivity (Wildman–Crippen MR) is 114 cm³/mol. The van der Waals surface area contributed by atoms with Crippen molar-refractivity contribution in [2.45, 2.75) is 23.4 Å². The lowest BCUT2D eigenvalue weighted by Gasteiger charge is -2.11. The molecule has 0 aliphatic carbocycles. The molecule has 0 radical (unpaired) electrons. The van der Waals surface area contributed by atoms with Gasteiger partial charge in [0.25, 0.3) is 0 Å². The van der Waals surface area contributed by atoms with E-state index < -0.39 is 0 Å². The maximum absolute atomic E-state index is 12.5. The highest BCUT2D eigenvalue weighted by molar-refractivity contribution is 8.02. The number of thioether (sulfide) groups is 1. The van der Waals surface area contributed by atoms with E-state index in [1.165, 1.54) is 23.1 Å². The van der Waals surface area contributed by atoms with E-state index in [9.17, 15) is 4.79 Å². The Bertz CT molecular complexity index is 952. The first-order chi connectivity index (χ1) is 13.1. The molecule has 0 aliphatic heterocycles. The molecule has 140 valence electrons. The van der Waals surface area contributed by atoms with Crippen molar-refractivity contribution in [2.75, 3.05) is 11.9 Å². The molecule has 3 rings (SSSR count). The van der Waals surface area contributed by atoms with E-state index in [2.05, 4.69) is 10.4 Å². The van der Waals surface area contributed by atoms with Crippen molar-refractivity contribution in [1.82, 2.24) is 9.78 Å². The molecule has 1 heterocycles. The number of hydrogen-bond donors (Lipinski definition) is 1. The molecular weight excluding hydrogens is 398 g/mol. The molecule has 3 aromatic rings. The fraction of sp³-hybridized carbons (Fsp3) is 0.211. The Labute approximate surface area is 171 Å². The van der Waals surface area contributed by atoms with Crippen LogP contribution in [0.4, 0.5) is 5.69 Å². The van der Waals surface area contributed by atoms with Gasteiger partial charge in [0.05, 0.1) is 17.5 Å². The monoisotopic (exact) mass is 417 g/mol. The SMILES string of the molecule is CCOc1ccc(NC(=O)[C@H](C)Sc2nn(-c3ccccc3)c(=S)s2)cc1. The van der Waals surface area contributed by atoms with Crippen molar-refractivity contribution in [1.29, 1.82) is 0 Å². The normalized spacial score (nSPS) is 11.8. The quantitative estimate of drug-likeness (QED) is 0.424. The fourth-order valence-corrected chi connectivity index (χ4v) is 4.80. The molecule has 0 saturated heterocycles. The van der Waals surface area contributed by atoms with Crippen molar-refractivity contribution in [3.63, 3.8) is 0 Å². The highest BCUT2D eigenvalue weighted by Crippen LogP contribution is 2.28. The second kappa shape index (κ2) is 9.16. The van der Waals surface area contributed by atoms with Crippen LogP contribution in [-0.2, 0) is 4.79 Å². The maximum Gasteiger partial charge on any atom is 0.237 e. The van der Waals surface area contributed by atoms with Crippen LogP contribution in [-0.4, -0.2) is 27.5 Å². The van der Waals surface area contributed by atoms with E-state index >= 15 is 0 Å². The van der Waals surface area contributed by atoms with Crippen molar-refractivity contribution >= 4 is 46.9 Å². The van der Waals surface area contributed by atoms with Gasteiger partial charge in [-0.25, -0.2) is 4.68 Å². The molecule has 0 fully saturated rings. The molecular formula is C19H19N3O2S3. The zero-order chi connectivity index (χ0) is 19.2. The highest BCUT2D eigenvalue weighted by atomic mass is 32.2. The average molecular weight is 418 g/mol. The van der Waals surface area contributed by atoms with Gasteiger partial charge in [-0.1, -0.05) is 41.3 Å². The van der Waals surface area contributed by atoms with Crippen LogP contribution in [0.1, 0.15) is 13.8 Å². The predicted octanol–water partition coefficient (Wildman–Crippen LogP) is 5.18. The van der Waals surface area contributed by atoms with Crippen LogP contribution < -0.4 is 10.1 Å². The summed E-state index contributed by atoms with van der Waals surface area (Å²) in [6.45, 7) is 4.40. The van der Waals surface area contributed by atoms with E-state index in [1.807, 2.05) is 68.4 Å². The number of aromatic nitrogens is 2. The summed E-state index contributed by atoms with van der Waals surface area (Å²) in [5, 5.41) is 7.15. The second-order valence-corrected chi connectivity index (χ2v) is 8.80. The Morgan fingerprint density at radius 3 is 2.63 bits per heavy atom. The average Bonchev–Trinajstić information content (AvgIpc) is 3.04. The van der Waals surface area contributed by atoms with Gasteiger partial charge in [0.1, 0.15) is 5.75 Å². The van der Waals surface area contributed by atoms with Gasteiger partial charge in [0.2, 0.25) is 5.91 Å². The Morgan fingerprint density at radius 1 is 1.26 bits per heavy atom. The lowest BCUT2D eigenvalue weighted by Crippen LogP contribution is -2.22. The number of anilines is 1. The van der Waals surface area contributed by atoms with Crippen LogP contribution in [0, 0.1) is 3.95 Å². The molecule has 1 aromatic heterocycles. The van der Waals surface area contributed by atoms with Gasteiger partial charge in [-0.2, -0.15) is 0 Å². The Hall–Kier alpha value is -2.16. The van der Waals surface area contributed by atoms with Gasteiger partial charge >= 0.3 is 0 Å². The Balaban J connectivity index is 1.64. The van der Waals surface area contributed by atoms with E-state index in [-0.39, 0.29) is 11.2 Å². The number of para-hydroxylation sites is 1. The fourth-order valence-electron chi connectivity index (χ4n) is 2.29. The molecule has 8 heteroatoms. The van der Waals surface area contributed by atoms with Crippen molar-refractivity contribution < 1.29 is 9.53 Å². The number of nitrogens with one attached hydrogen (secondary N) is 1. The van der Waals surface area contributed by atoms with Gasteiger partial charge in [-0.3, -0.25) is 4.79 Å². The van der Waals surface area contributed by atoms with Gasteiger partial charge in [0.15, 0.2) is 8.29 Å². The summed E-state index contributed by atoms with van der Waals surface area (Å²) in [6.07, 6.45) is 0.